The molecule has 1 aromatic rings. The van der Waals surface area contributed by atoms with E-state index in [0.717, 1.165) is 13.0 Å². The summed E-state index contributed by atoms with van der Waals surface area (Å²) in [5, 5.41) is 0. The maximum absolute atomic E-state index is 5.91. The molecular weight excluding hydrogens is 174 g/mol. The topological polar surface area (TPSA) is 12.5 Å². The van der Waals surface area contributed by atoms with Gasteiger partial charge in [0.1, 0.15) is 6.23 Å². The molecule has 0 spiro atoms. The van der Waals surface area contributed by atoms with Gasteiger partial charge in [-0.3, -0.25) is 4.90 Å². The van der Waals surface area contributed by atoms with Crippen molar-refractivity contribution in [3.63, 3.8) is 0 Å². The summed E-state index contributed by atoms with van der Waals surface area (Å²) in [6.07, 6.45) is 1.60. The summed E-state index contributed by atoms with van der Waals surface area (Å²) < 4.78 is 5.91. The van der Waals surface area contributed by atoms with Crippen LogP contribution in [0.1, 0.15) is 25.0 Å². The van der Waals surface area contributed by atoms with Crippen molar-refractivity contribution >= 4 is 0 Å². The van der Waals surface area contributed by atoms with Gasteiger partial charge in [-0.2, -0.15) is 0 Å². The fourth-order valence-corrected chi connectivity index (χ4v) is 1.83. The van der Waals surface area contributed by atoms with Crippen molar-refractivity contribution in [3.8, 4) is 0 Å². The summed E-state index contributed by atoms with van der Waals surface area (Å²) in [5.74, 6) is 0. The van der Waals surface area contributed by atoms with Crippen LogP contribution in [-0.4, -0.2) is 24.7 Å². The highest BCUT2D eigenvalue weighted by Crippen LogP contribution is 2.27. The summed E-state index contributed by atoms with van der Waals surface area (Å²) in [7, 11) is 2.10. The Bertz CT molecular complexity index is 286. The Hall–Kier alpha value is -0.860. The smallest absolute Gasteiger partial charge is 0.108 e. The van der Waals surface area contributed by atoms with Crippen LogP contribution in [0.4, 0.5) is 0 Å². The van der Waals surface area contributed by atoms with Gasteiger partial charge in [-0.15, -0.1) is 0 Å². The third-order valence-electron chi connectivity index (χ3n) is 2.90. The molecule has 0 saturated carbocycles. The summed E-state index contributed by atoms with van der Waals surface area (Å²) >= 11 is 0. The largest absolute Gasteiger partial charge is 0.355 e. The third kappa shape index (κ3) is 1.97. The van der Waals surface area contributed by atoms with E-state index in [1.54, 1.807) is 0 Å². The molecule has 2 atom stereocenters. The maximum atomic E-state index is 5.91. The molecule has 2 rings (SSSR count). The van der Waals surface area contributed by atoms with E-state index in [9.17, 15) is 0 Å². The van der Waals surface area contributed by atoms with E-state index < -0.39 is 0 Å². The minimum Gasteiger partial charge on any atom is -0.355 e. The Morgan fingerprint density at radius 2 is 2.00 bits per heavy atom. The van der Waals surface area contributed by atoms with E-state index >= 15 is 0 Å². The van der Waals surface area contributed by atoms with Crippen molar-refractivity contribution < 1.29 is 4.74 Å². The lowest BCUT2D eigenvalue weighted by Crippen LogP contribution is -2.39. The van der Waals surface area contributed by atoms with Gasteiger partial charge in [-0.1, -0.05) is 30.3 Å². The van der Waals surface area contributed by atoms with Crippen molar-refractivity contribution in [3.05, 3.63) is 35.9 Å². The van der Waals surface area contributed by atoms with Crippen molar-refractivity contribution in [1.82, 2.24) is 4.90 Å². The molecule has 1 fully saturated rings. The number of rotatable bonds is 1. The summed E-state index contributed by atoms with van der Waals surface area (Å²) in [6.45, 7) is 3.22. The van der Waals surface area contributed by atoms with Crippen molar-refractivity contribution in [2.45, 2.75) is 25.7 Å². The van der Waals surface area contributed by atoms with Crippen LogP contribution >= 0.6 is 0 Å². The van der Waals surface area contributed by atoms with Crippen LogP contribution in [0.5, 0.6) is 0 Å². The zero-order valence-electron chi connectivity index (χ0n) is 8.81. The van der Waals surface area contributed by atoms with E-state index in [0.29, 0.717) is 0 Å². The predicted molar refractivity (Wildman–Crippen MR) is 57.0 cm³/mol. The molecule has 76 valence electrons. The fraction of sp³-hybridized carbons (Fsp3) is 0.500. The molecule has 0 unspecified atom stereocenters. The van der Waals surface area contributed by atoms with Crippen LogP contribution in [0.15, 0.2) is 30.3 Å². The fourth-order valence-electron chi connectivity index (χ4n) is 1.83. The molecule has 0 aromatic heterocycles. The highest BCUT2D eigenvalue weighted by Gasteiger charge is 2.23. The predicted octanol–water partition coefficient (Wildman–Crippen LogP) is 2.43. The summed E-state index contributed by atoms with van der Waals surface area (Å²) in [5.41, 5.74) is 1.30. The maximum Gasteiger partial charge on any atom is 0.108 e. The van der Waals surface area contributed by atoms with Crippen molar-refractivity contribution in [2.24, 2.45) is 0 Å². The van der Waals surface area contributed by atoms with Gasteiger partial charge in [0.05, 0.1) is 6.10 Å². The Kier molecular flexibility index (Phi) is 2.85. The molecule has 1 aliphatic heterocycles. The molecule has 0 aliphatic carbocycles. The Morgan fingerprint density at radius 3 is 2.64 bits per heavy atom. The van der Waals surface area contributed by atoms with Crippen LogP contribution in [0.3, 0.4) is 0 Å². The standard InChI is InChI=1S/C12H17NO/c1-10-13(2)9-8-12(14-10)11-6-4-3-5-7-11/h3-7,10,12H,8-9H2,1-2H3/t10-,12-/m0/s1. The number of ether oxygens (including phenoxy) is 1. The van der Waals surface area contributed by atoms with Crippen LogP contribution in [0.2, 0.25) is 0 Å². The molecular formula is C12H17NO. The zero-order valence-corrected chi connectivity index (χ0v) is 8.81. The molecule has 1 aliphatic rings. The first-order chi connectivity index (χ1) is 6.77. The van der Waals surface area contributed by atoms with Crippen LogP contribution in [0, 0.1) is 0 Å². The van der Waals surface area contributed by atoms with Gasteiger partial charge in [0.15, 0.2) is 0 Å². The average Bonchev–Trinajstić information content (AvgIpc) is 2.23. The minimum absolute atomic E-state index is 0.231. The zero-order chi connectivity index (χ0) is 9.97. The van der Waals surface area contributed by atoms with Crippen LogP contribution in [-0.2, 0) is 4.74 Å². The molecule has 0 radical (unpaired) electrons. The monoisotopic (exact) mass is 191 g/mol. The van der Waals surface area contributed by atoms with Crippen LogP contribution in [0.25, 0.3) is 0 Å². The number of hydrogen-bond acceptors (Lipinski definition) is 2. The molecule has 2 heteroatoms. The van der Waals surface area contributed by atoms with E-state index in [1.807, 2.05) is 6.07 Å². The molecule has 0 N–H and O–H groups in total. The molecule has 0 bridgehead atoms. The number of benzene rings is 1. The van der Waals surface area contributed by atoms with Crippen LogP contribution < -0.4 is 0 Å². The van der Waals surface area contributed by atoms with E-state index in [4.69, 9.17) is 4.74 Å². The summed E-state index contributed by atoms with van der Waals surface area (Å²) in [4.78, 5) is 2.24. The molecule has 1 aromatic carbocycles. The Balaban J connectivity index is 2.07. The highest BCUT2D eigenvalue weighted by atomic mass is 16.5. The SMILES string of the molecule is C[C@@H]1O[C@H](c2ccccc2)CCN1C. The lowest BCUT2D eigenvalue weighted by atomic mass is 10.1. The number of nitrogens with zero attached hydrogens (tertiary/aromatic N) is 1. The molecule has 1 heterocycles. The second-order valence-corrected chi connectivity index (χ2v) is 3.90. The average molecular weight is 191 g/mol. The van der Waals surface area contributed by atoms with E-state index in [2.05, 4.69) is 43.1 Å². The highest BCUT2D eigenvalue weighted by molar-refractivity contribution is 5.17. The first kappa shape index (κ1) is 9.69. The lowest BCUT2D eigenvalue weighted by Gasteiger charge is -2.35. The quantitative estimate of drug-likeness (QED) is 0.676. The van der Waals surface area contributed by atoms with Gasteiger partial charge in [0.25, 0.3) is 0 Å². The molecule has 2 nitrogen and oxygen atoms in total. The lowest BCUT2D eigenvalue weighted by molar-refractivity contribution is -0.122. The van der Waals surface area contributed by atoms with Crippen molar-refractivity contribution in [1.29, 1.82) is 0 Å². The van der Waals surface area contributed by atoms with Gasteiger partial charge in [0, 0.05) is 6.54 Å². The molecule has 14 heavy (non-hydrogen) atoms. The van der Waals surface area contributed by atoms with Gasteiger partial charge in [-0.05, 0) is 26.0 Å². The third-order valence-corrected chi connectivity index (χ3v) is 2.90. The number of hydrogen-bond donors (Lipinski definition) is 0. The van der Waals surface area contributed by atoms with E-state index in [1.165, 1.54) is 5.56 Å². The van der Waals surface area contributed by atoms with E-state index in [-0.39, 0.29) is 12.3 Å². The molecule has 1 saturated heterocycles. The molecule has 0 amide bonds. The van der Waals surface area contributed by atoms with Gasteiger partial charge in [-0.25, -0.2) is 0 Å². The van der Waals surface area contributed by atoms with Gasteiger partial charge >= 0.3 is 0 Å². The first-order valence-corrected chi connectivity index (χ1v) is 5.18. The van der Waals surface area contributed by atoms with Crippen molar-refractivity contribution in [2.75, 3.05) is 13.6 Å². The first-order valence-electron chi connectivity index (χ1n) is 5.18. The second-order valence-electron chi connectivity index (χ2n) is 3.90. The Morgan fingerprint density at radius 1 is 1.29 bits per heavy atom. The Labute approximate surface area is 85.5 Å². The second kappa shape index (κ2) is 4.11. The normalized spacial score (nSPS) is 29.0. The minimum atomic E-state index is 0.231. The van der Waals surface area contributed by atoms with Gasteiger partial charge < -0.3 is 4.74 Å². The van der Waals surface area contributed by atoms with Gasteiger partial charge in [0.2, 0.25) is 0 Å². The summed E-state index contributed by atoms with van der Waals surface area (Å²) in [6, 6.07) is 10.5.